The molecule has 1 aromatic rings. The quantitative estimate of drug-likeness (QED) is 0.302. The van der Waals surface area contributed by atoms with E-state index in [9.17, 15) is 18.0 Å². The second-order valence-corrected chi connectivity index (χ2v) is 7.19. The average Bonchev–Trinajstić information content (AvgIpc) is 2.60. The van der Waals surface area contributed by atoms with Gasteiger partial charge in [-0.05, 0) is 36.0 Å². The number of hydrogen-bond acceptors (Lipinski definition) is 2. The molecule has 0 bridgehead atoms. The SMILES string of the molecule is C=C/C=C(\C)Br.CCN(C/C=C/CC(F)(F)F)C(=O)OCc1ccc(Cl)cc1. The maximum Gasteiger partial charge on any atom is 0.410 e. The van der Waals surface area contributed by atoms with Crippen molar-refractivity contribution >= 4 is 33.6 Å². The molecule has 0 aliphatic heterocycles. The van der Waals surface area contributed by atoms with E-state index in [0.717, 1.165) is 16.1 Å². The maximum absolute atomic E-state index is 12.0. The Morgan fingerprint density at radius 3 is 2.32 bits per heavy atom. The van der Waals surface area contributed by atoms with E-state index in [-0.39, 0.29) is 13.2 Å². The minimum absolute atomic E-state index is 0.0754. The molecule has 1 rings (SSSR count). The topological polar surface area (TPSA) is 29.5 Å². The van der Waals surface area contributed by atoms with Crippen LogP contribution in [-0.4, -0.2) is 30.3 Å². The van der Waals surface area contributed by atoms with Gasteiger partial charge in [-0.25, -0.2) is 4.79 Å². The first-order chi connectivity index (χ1) is 13.1. The minimum atomic E-state index is -4.23. The van der Waals surface area contributed by atoms with Gasteiger partial charge < -0.3 is 9.64 Å². The van der Waals surface area contributed by atoms with Gasteiger partial charge in [0.25, 0.3) is 0 Å². The van der Waals surface area contributed by atoms with Crippen molar-refractivity contribution in [2.45, 2.75) is 33.1 Å². The fraction of sp³-hybridized carbons (Fsp3) is 0.350. The van der Waals surface area contributed by atoms with Crippen molar-refractivity contribution in [1.82, 2.24) is 4.90 Å². The summed E-state index contributed by atoms with van der Waals surface area (Å²) in [6.45, 7) is 7.68. The zero-order valence-electron chi connectivity index (χ0n) is 15.8. The standard InChI is InChI=1S/C15H17ClF3NO2.C5H7Br/c1-2-20(10-4-3-9-15(17,18)19)14(21)22-11-12-5-7-13(16)8-6-12;1-3-4-5(2)6/h3-8H,2,9-11H2,1H3;3-4H,1H2,2H3/b4-3+;5-4+. The molecule has 0 aliphatic carbocycles. The van der Waals surface area contributed by atoms with Crippen LogP contribution in [0.3, 0.4) is 0 Å². The Balaban J connectivity index is 0.00000105. The Morgan fingerprint density at radius 2 is 1.89 bits per heavy atom. The summed E-state index contributed by atoms with van der Waals surface area (Å²) in [4.78, 5) is 13.1. The molecule has 0 N–H and O–H groups in total. The van der Waals surface area contributed by atoms with E-state index in [1.807, 2.05) is 13.0 Å². The lowest BCUT2D eigenvalue weighted by Gasteiger charge is -2.18. The highest BCUT2D eigenvalue weighted by Gasteiger charge is 2.24. The van der Waals surface area contributed by atoms with Crippen molar-refractivity contribution < 1.29 is 22.7 Å². The molecule has 156 valence electrons. The monoisotopic (exact) mass is 481 g/mol. The molecule has 0 spiro atoms. The van der Waals surface area contributed by atoms with Gasteiger partial charge in [0.1, 0.15) is 6.61 Å². The predicted molar refractivity (Wildman–Crippen MR) is 112 cm³/mol. The van der Waals surface area contributed by atoms with Crippen LogP contribution in [0.25, 0.3) is 0 Å². The van der Waals surface area contributed by atoms with E-state index in [1.54, 1.807) is 37.3 Å². The zero-order chi connectivity index (χ0) is 21.6. The lowest BCUT2D eigenvalue weighted by Crippen LogP contribution is -2.31. The van der Waals surface area contributed by atoms with Crippen molar-refractivity contribution in [3.05, 3.63) is 70.2 Å². The molecule has 28 heavy (non-hydrogen) atoms. The summed E-state index contributed by atoms with van der Waals surface area (Å²) in [5, 5.41) is 0.583. The summed E-state index contributed by atoms with van der Waals surface area (Å²) >= 11 is 8.97. The number of ether oxygens (including phenoxy) is 1. The Morgan fingerprint density at radius 1 is 1.29 bits per heavy atom. The van der Waals surface area contributed by atoms with Gasteiger partial charge in [0.05, 0.1) is 6.42 Å². The zero-order valence-corrected chi connectivity index (χ0v) is 18.1. The Bertz CT molecular complexity index is 654. The molecule has 0 heterocycles. The van der Waals surface area contributed by atoms with Gasteiger partial charge in [0.15, 0.2) is 0 Å². The van der Waals surface area contributed by atoms with E-state index < -0.39 is 18.7 Å². The van der Waals surface area contributed by atoms with Crippen LogP contribution in [0.5, 0.6) is 0 Å². The van der Waals surface area contributed by atoms with E-state index in [4.69, 9.17) is 16.3 Å². The van der Waals surface area contributed by atoms with E-state index in [0.29, 0.717) is 11.6 Å². The Kier molecular flexibility index (Phi) is 13.4. The second kappa shape index (κ2) is 14.3. The first-order valence-corrected chi connectivity index (χ1v) is 9.58. The highest BCUT2D eigenvalue weighted by Crippen LogP contribution is 2.19. The summed E-state index contributed by atoms with van der Waals surface area (Å²) in [7, 11) is 0. The van der Waals surface area contributed by atoms with Crippen LogP contribution in [0.2, 0.25) is 5.02 Å². The summed E-state index contributed by atoms with van der Waals surface area (Å²) in [6.07, 6.45) is 0.112. The van der Waals surface area contributed by atoms with Gasteiger partial charge in [0, 0.05) is 18.1 Å². The molecule has 0 saturated carbocycles. The van der Waals surface area contributed by atoms with Crippen LogP contribution < -0.4 is 0 Å². The second-order valence-electron chi connectivity index (χ2n) is 5.50. The average molecular weight is 483 g/mol. The predicted octanol–water partition coefficient (Wildman–Crippen LogP) is 7.28. The molecule has 0 aliphatic rings. The molecule has 1 aromatic carbocycles. The normalized spacial score (nSPS) is 11.6. The number of alkyl halides is 3. The molecule has 0 unspecified atom stereocenters. The fourth-order valence-electron chi connectivity index (χ4n) is 1.73. The van der Waals surface area contributed by atoms with Crippen LogP contribution in [-0.2, 0) is 11.3 Å². The van der Waals surface area contributed by atoms with Crippen molar-refractivity contribution in [3.63, 3.8) is 0 Å². The van der Waals surface area contributed by atoms with Crippen LogP contribution in [0.15, 0.2) is 59.6 Å². The van der Waals surface area contributed by atoms with Crippen LogP contribution in [0.4, 0.5) is 18.0 Å². The number of carbonyl (C=O) groups excluding carboxylic acids is 1. The largest absolute Gasteiger partial charge is 0.445 e. The van der Waals surface area contributed by atoms with Gasteiger partial charge in [-0.3, -0.25) is 0 Å². The number of likely N-dealkylation sites (N-methyl/N-ethyl adjacent to an activating group) is 1. The van der Waals surface area contributed by atoms with Crippen LogP contribution >= 0.6 is 27.5 Å². The number of nitrogens with zero attached hydrogens (tertiary/aromatic N) is 1. The third-order valence-corrected chi connectivity index (χ3v) is 3.62. The molecule has 0 fully saturated rings. The number of allylic oxidation sites excluding steroid dienone is 4. The van der Waals surface area contributed by atoms with E-state index in [1.165, 1.54) is 11.0 Å². The molecule has 3 nitrogen and oxygen atoms in total. The lowest BCUT2D eigenvalue weighted by molar-refractivity contribution is -0.125. The molecule has 0 aromatic heterocycles. The lowest BCUT2D eigenvalue weighted by atomic mass is 10.2. The number of halogens is 5. The summed E-state index contributed by atoms with van der Waals surface area (Å²) < 4.78 is 42.2. The molecule has 8 heteroatoms. The van der Waals surface area contributed by atoms with Gasteiger partial charge in [-0.1, -0.05) is 70.5 Å². The fourth-order valence-corrected chi connectivity index (χ4v) is 2.04. The van der Waals surface area contributed by atoms with Gasteiger partial charge in [-0.2, -0.15) is 13.2 Å². The van der Waals surface area contributed by atoms with Gasteiger partial charge in [-0.15, -0.1) is 0 Å². The maximum atomic E-state index is 12.0. The van der Waals surface area contributed by atoms with Gasteiger partial charge >= 0.3 is 12.3 Å². The summed E-state index contributed by atoms with van der Waals surface area (Å²) in [5.74, 6) is 0. The molecule has 0 saturated heterocycles. The third-order valence-electron chi connectivity index (χ3n) is 3.10. The molecule has 0 radical (unpaired) electrons. The number of hydrogen-bond donors (Lipinski definition) is 0. The smallest absolute Gasteiger partial charge is 0.410 e. The molecular weight excluding hydrogens is 459 g/mol. The number of amides is 1. The Labute approximate surface area is 177 Å². The summed E-state index contributed by atoms with van der Waals surface area (Å²) in [6, 6.07) is 6.83. The van der Waals surface area contributed by atoms with Crippen molar-refractivity contribution in [2.24, 2.45) is 0 Å². The first-order valence-electron chi connectivity index (χ1n) is 8.41. The molecular formula is C20H24BrClF3NO2. The highest BCUT2D eigenvalue weighted by atomic mass is 79.9. The Hall–Kier alpha value is -1.73. The highest BCUT2D eigenvalue weighted by molar-refractivity contribution is 9.11. The summed E-state index contributed by atoms with van der Waals surface area (Å²) in [5.41, 5.74) is 0.779. The number of benzene rings is 1. The molecule has 1 amide bonds. The van der Waals surface area contributed by atoms with Crippen molar-refractivity contribution in [3.8, 4) is 0 Å². The first kappa shape index (κ1) is 26.3. The third kappa shape index (κ3) is 14.3. The van der Waals surface area contributed by atoms with Crippen LogP contribution in [0.1, 0.15) is 25.8 Å². The van der Waals surface area contributed by atoms with E-state index >= 15 is 0 Å². The number of rotatable bonds is 7. The minimum Gasteiger partial charge on any atom is -0.445 e. The van der Waals surface area contributed by atoms with Gasteiger partial charge in [0.2, 0.25) is 0 Å². The van der Waals surface area contributed by atoms with E-state index in [2.05, 4.69) is 22.5 Å². The van der Waals surface area contributed by atoms with Crippen molar-refractivity contribution in [1.29, 1.82) is 0 Å². The van der Waals surface area contributed by atoms with Crippen LogP contribution in [0, 0.1) is 0 Å². The van der Waals surface area contributed by atoms with Crippen molar-refractivity contribution in [2.75, 3.05) is 13.1 Å². The molecule has 0 atom stereocenters. The number of carbonyl (C=O) groups is 1.